The van der Waals surface area contributed by atoms with Crippen LogP contribution in [0.5, 0.6) is 0 Å². The van der Waals surface area contributed by atoms with E-state index in [0.717, 1.165) is 32.4 Å². The highest BCUT2D eigenvalue weighted by Gasteiger charge is 2.58. The van der Waals surface area contributed by atoms with Crippen molar-refractivity contribution >= 4 is 5.97 Å². The Morgan fingerprint density at radius 1 is 1.64 bits per heavy atom. The maximum absolute atomic E-state index is 10.6. The molecule has 0 aromatic rings. The maximum atomic E-state index is 10.6. The van der Waals surface area contributed by atoms with Crippen LogP contribution in [0.3, 0.4) is 0 Å². The summed E-state index contributed by atoms with van der Waals surface area (Å²) in [6.07, 6.45) is 3.15. The third-order valence-corrected chi connectivity index (χ3v) is 2.99. The van der Waals surface area contributed by atoms with Crippen LogP contribution in [-0.2, 0) is 4.79 Å². The maximum Gasteiger partial charge on any atom is 0.307 e. The second-order valence-corrected chi connectivity index (χ2v) is 3.74. The predicted octanol–water partition coefficient (Wildman–Crippen LogP) is 0.461. The van der Waals surface area contributed by atoms with Crippen molar-refractivity contribution in [3.05, 3.63) is 0 Å². The Kier molecular flexibility index (Phi) is 1.42. The lowest BCUT2D eigenvalue weighted by Crippen LogP contribution is -2.33. The summed E-state index contributed by atoms with van der Waals surface area (Å²) < 4.78 is 0. The van der Waals surface area contributed by atoms with Crippen molar-refractivity contribution < 1.29 is 9.90 Å². The van der Waals surface area contributed by atoms with E-state index in [2.05, 4.69) is 5.32 Å². The molecule has 3 heteroatoms. The lowest BCUT2D eigenvalue weighted by Gasteiger charge is -2.22. The SMILES string of the molecule is O=C(O)[C@H]1C[C@]12CCCNC2. The molecule has 1 aliphatic heterocycles. The summed E-state index contributed by atoms with van der Waals surface area (Å²) in [4.78, 5) is 10.6. The van der Waals surface area contributed by atoms with Crippen LogP contribution in [0, 0.1) is 11.3 Å². The van der Waals surface area contributed by atoms with Gasteiger partial charge in [-0.2, -0.15) is 0 Å². The summed E-state index contributed by atoms with van der Waals surface area (Å²) >= 11 is 0. The zero-order valence-corrected chi connectivity index (χ0v) is 6.47. The van der Waals surface area contributed by atoms with Crippen LogP contribution < -0.4 is 5.32 Å². The van der Waals surface area contributed by atoms with Crippen LogP contribution in [0.15, 0.2) is 0 Å². The fourth-order valence-electron chi connectivity index (χ4n) is 2.16. The molecule has 2 rings (SSSR count). The molecule has 1 aliphatic carbocycles. The van der Waals surface area contributed by atoms with Gasteiger partial charge in [0.25, 0.3) is 0 Å². The van der Waals surface area contributed by atoms with Crippen molar-refractivity contribution in [2.75, 3.05) is 13.1 Å². The average Bonchev–Trinajstić information content (AvgIpc) is 2.66. The number of carboxylic acids is 1. The Morgan fingerprint density at radius 2 is 2.45 bits per heavy atom. The molecular formula is C8H13NO2. The van der Waals surface area contributed by atoms with Gasteiger partial charge in [0.15, 0.2) is 0 Å². The highest BCUT2D eigenvalue weighted by molar-refractivity contribution is 5.74. The summed E-state index contributed by atoms with van der Waals surface area (Å²) in [5.74, 6) is -0.649. The van der Waals surface area contributed by atoms with Gasteiger partial charge >= 0.3 is 5.97 Å². The Hall–Kier alpha value is -0.570. The highest BCUT2D eigenvalue weighted by atomic mass is 16.4. The topological polar surface area (TPSA) is 49.3 Å². The van der Waals surface area contributed by atoms with E-state index in [1.165, 1.54) is 0 Å². The minimum absolute atomic E-state index is 0.0460. The molecule has 62 valence electrons. The van der Waals surface area contributed by atoms with E-state index in [-0.39, 0.29) is 11.3 Å². The molecule has 1 heterocycles. The predicted molar refractivity (Wildman–Crippen MR) is 40.3 cm³/mol. The van der Waals surface area contributed by atoms with Gasteiger partial charge in [0.05, 0.1) is 5.92 Å². The Balaban J connectivity index is 1.99. The van der Waals surface area contributed by atoms with Gasteiger partial charge in [0, 0.05) is 6.54 Å². The average molecular weight is 155 g/mol. The highest BCUT2D eigenvalue weighted by Crippen LogP contribution is 2.56. The van der Waals surface area contributed by atoms with Crippen LogP contribution in [-0.4, -0.2) is 24.2 Å². The van der Waals surface area contributed by atoms with Gasteiger partial charge < -0.3 is 10.4 Å². The molecule has 0 aromatic heterocycles. The van der Waals surface area contributed by atoms with E-state index < -0.39 is 5.97 Å². The number of aliphatic carboxylic acids is 1. The molecule has 11 heavy (non-hydrogen) atoms. The fraction of sp³-hybridized carbons (Fsp3) is 0.875. The molecule has 0 aromatic carbocycles. The van der Waals surface area contributed by atoms with Crippen molar-refractivity contribution in [2.45, 2.75) is 19.3 Å². The number of piperidine rings is 1. The van der Waals surface area contributed by atoms with Gasteiger partial charge in [-0.15, -0.1) is 0 Å². The van der Waals surface area contributed by atoms with Gasteiger partial charge in [-0.05, 0) is 31.2 Å². The summed E-state index contributed by atoms with van der Waals surface area (Å²) in [6, 6.07) is 0. The van der Waals surface area contributed by atoms with Crippen LogP contribution >= 0.6 is 0 Å². The first-order chi connectivity index (χ1) is 5.25. The van der Waals surface area contributed by atoms with E-state index >= 15 is 0 Å². The molecule has 1 saturated heterocycles. The monoisotopic (exact) mass is 155 g/mol. The molecule has 1 spiro atoms. The van der Waals surface area contributed by atoms with Crippen molar-refractivity contribution in [3.63, 3.8) is 0 Å². The van der Waals surface area contributed by atoms with Crippen molar-refractivity contribution in [1.29, 1.82) is 0 Å². The van der Waals surface area contributed by atoms with Gasteiger partial charge in [-0.25, -0.2) is 0 Å². The van der Waals surface area contributed by atoms with E-state index in [1.54, 1.807) is 0 Å². The quantitative estimate of drug-likeness (QED) is 0.578. The molecule has 0 amide bonds. The molecule has 0 radical (unpaired) electrons. The minimum Gasteiger partial charge on any atom is -0.481 e. The number of nitrogens with one attached hydrogen (secondary N) is 1. The molecule has 2 N–H and O–H groups in total. The van der Waals surface area contributed by atoms with Gasteiger partial charge in [0.2, 0.25) is 0 Å². The lowest BCUT2D eigenvalue weighted by atomic mass is 9.94. The molecule has 0 unspecified atom stereocenters. The molecule has 0 bridgehead atoms. The van der Waals surface area contributed by atoms with Crippen molar-refractivity contribution in [2.24, 2.45) is 11.3 Å². The first-order valence-corrected chi connectivity index (χ1v) is 4.18. The summed E-state index contributed by atoms with van der Waals surface area (Å²) in [5, 5.41) is 12.0. The minimum atomic E-state index is -0.603. The van der Waals surface area contributed by atoms with E-state index in [1.807, 2.05) is 0 Å². The lowest BCUT2D eigenvalue weighted by molar-refractivity contribution is -0.139. The first-order valence-electron chi connectivity index (χ1n) is 4.18. The standard InChI is InChI=1S/C8H13NO2/c10-7(11)6-4-8(6)2-1-3-9-5-8/h6,9H,1-5H2,(H,10,11)/t6-,8+/m1/s1. The Labute approximate surface area is 65.8 Å². The molecule has 3 nitrogen and oxygen atoms in total. The molecule has 1 saturated carbocycles. The third kappa shape index (κ3) is 1.03. The number of carboxylic acid groups (broad SMARTS) is 1. The zero-order valence-electron chi connectivity index (χ0n) is 6.47. The van der Waals surface area contributed by atoms with Crippen LogP contribution in [0.25, 0.3) is 0 Å². The van der Waals surface area contributed by atoms with E-state index in [0.29, 0.717) is 0 Å². The Morgan fingerprint density at radius 3 is 2.91 bits per heavy atom. The smallest absolute Gasteiger partial charge is 0.307 e. The van der Waals surface area contributed by atoms with E-state index in [4.69, 9.17) is 5.11 Å². The van der Waals surface area contributed by atoms with Crippen LogP contribution in [0.1, 0.15) is 19.3 Å². The van der Waals surface area contributed by atoms with Gasteiger partial charge in [-0.1, -0.05) is 0 Å². The zero-order chi connectivity index (χ0) is 7.90. The second-order valence-electron chi connectivity index (χ2n) is 3.74. The van der Waals surface area contributed by atoms with Gasteiger partial charge in [0.1, 0.15) is 0 Å². The first kappa shape index (κ1) is 7.10. The van der Waals surface area contributed by atoms with Crippen LogP contribution in [0.4, 0.5) is 0 Å². The number of hydrogen-bond donors (Lipinski definition) is 2. The molecule has 2 aliphatic rings. The van der Waals surface area contributed by atoms with E-state index in [9.17, 15) is 4.79 Å². The largest absolute Gasteiger partial charge is 0.481 e. The summed E-state index contributed by atoms with van der Waals surface area (Å²) in [6.45, 7) is 1.98. The fourth-order valence-corrected chi connectivity index (χ4v) is 2.16. The third-order valence-electron chi connectivity index (χ3n) is 2.99. The van der Waals surface area contributed by atoms with Crippen molar-refractivity contribution in [1.82, 2.24) is 5.32 Å². The molecule has 2 fully saturated rings. The molecule has 2 atom stereocenters. The summed E-state index contributed by atoms with van der Waals surface area (Å²) in [7, 11) is 0. The van der Waals surface area contributed by atoms with Gasteiger partial charge in [-0.3, -0.25) is 4.79 Å². The van der Waals surface area contributed by atoms with Crippen LogP contribution in [0.2, 0.25) is 0 Å². The number of rotatable bonds is 1. The number of carbonyl (C=O) groups is 1. The summed E-state index contributed by atoms with van der Waals surface area (Å²) in [5.41, 5.74) is 0.157. The normalized spacial score (nSPS) is 42.4. The number of hydrogen-bond acceptors (Lipinski definition) is 2. The Bertz CT molecular complexity index is 185. The molecular weight excluding hydrogens is 142 g/mol. The van der Waals surface area contributed by atoms with Crippen molar-refractivity contribution in [3.8, 4) is 0 Å². The second kappa shape index (κ2) is 2.21.